The largest absolute Gasteiger partial charge is 0.338 e. The van der Waals surface area contributed by atoms with Crippen LogP contribution in [0, 0.1) is 9.39 Å². The van der Waals surface area contributed by atoms with Gasteiger partial charge < -0.3 is 5.32 Å². The van der Waals surface area contributed by atoms with Gasteiger partial charge in [0.25, 0.3) is 0 Å². The van der Waals surface area contributed by atoms with Crippen molar-refractivity contribution in [3.05, 3.63) is 50.4 Å². The lowest BCUT2D eigenvalue weighted by atomic mass is 10.3. The average Bonchev–Trinajstić information content (AvgIpc) is 2.22. The Morgan fingerprint density at radius 1 is 1.31 bits per heavy atom. The Hall–Kier alpha value is -0.690. The van der Waals surface area contributed by atoms with Crippen LogP contribution in [0.5, 0.6) is 0 Å². The van der Waals surface area contributed by atoms with E-state index in [1.165, 1.54) is 6.07 Å². The van der Waals surface area contributed by atoms with E-state index in [1.807, 2.05) is 24.3 Å². The van der Waals surface area contributed by atoms with Crippen LogP contribution in [-0.4, -0.2) is 4.98 Å². The van der Waals surface area contributed by atoms with Crippen molar-refractivity contribution in [2.45, 2.75) is 0 Å². The van der Waals surface area contributed by atoms with Crippen LogP contribution >= 0.6 is 38.5 Å². The van der Waals surface area contributed by atoms with Crippen molar-refractivity contribution in [1.82, 2.24) is 4.98 Å². The Bertz CT molecular complexity index is 519. The fraction of sp³-hybridized carbons (Fsp3) is 0. The van der Waals surface area contributed by atoms with Crippen LogP contribution in [0.3, 0.4) is 0 Å². The predicted molar refractivity (Wildman–Crippen MR) is 74.3 cm³/mol. The number of halogens is 3. The molecule has 0 aliphatic rings. The summed E-state index contributed by atoms with van der Waals surface area (Å²) in [6, 6.07) is 9.04. The molecule has 2 nitrogen and oxygen atoms in total. The van der Waals surface area contributed by atoms with E-state index < -0.39 is 0 Å². The minimum absolute atomic E-state index is 0.227. The highest BCUT2D eigenvalue weighted by molar-refractivity contribution is 14.1. The van der Waals surface area contributed by atoms with Gasteiger partial charge in [-0.2, -0.15) is 0 Å². The van der Waals surface area contributed by atoms with Crippen LogP contribution in [0.25, 0.3) is 0 Å². The molecule has 0 fully saturated rings. The predicted octanol–water partition coefficient (Wildman–Crippen LogP) is 4.33. The Morgan fingerprint density at radius 3 is 2.81 bits per heavy atom. The number of nitrogens with zero attached hydrogens (tertiary/aromatic N) is 1. The minimum atomic E-state index is -0.381. The minimum Gasteiger partial charge on any atom is -0.338 e. The first-order valence-electron chi connectivity index (χ1n) is 4.49. The van der Waals surface area contributed by atoms with Crippen LogP contribution < -0.4 is 5.32 Å². The molecule has 0 aliphatic carbocycles. The summed E-state index contributed by atoms with van der Waals surface area (Å²) in [6.07, 6.45) is 1.55. The first kappa shape index (κ1) is 11.8. The number of anilines is 2. The summed E-state index contributed by atoms with van der Waals surface area (Å²) in [4.78, 5) is 3.97. The third kappa shape index (κ3) is 2.91. The fourth-order valence-electron chi connectivity index (χ4n) is 1.21. The zero-order chi connectivity index (χ0) is 11.5. The fourth-order valence-corrected chi connectivity index (χ4v) is 2.06. The third-order valence-electron chi connectivity index (χ3n) is 1.90. The molecule has 1 heterocycles. The highest BCUT2D eigenvalue weighted by Crippen LogP contribution is 2.21. The molecule has 0 bridgehead atoms. The summed E-state index contributed by atoms with van der Waals surface area (Å²) in [5, 5.41) is 2.93. The third-order valence-corrected chi connectivity index (χ3v) is 3.00. The molecule has 0 atom stereocenters. The Kier molecular flexibility index (Phi) is 3.75. The smallest absolute Gasteiger partial charge is 0.166 e. The molecule has 0 amide bonds. The second-order valence-electron chi connectivity index (χ2n) is 3.12. The summed E-state index contributed by atoms with van der Waals surface area (Å²) >= 11 is 5.36. The van der Waals surface area contributed by atoms with Crippen LogP contribution in [0.4, 0.5) is 15.9 Å². The maximum absolute atomic E-state index is 13.5. The average molecular weight is 393 g/mol. The molecule has 1 aromatic heterocycles. The first-order valence-corrected chi connectivity index (χ1v) is 6.36. The van der Waals surface area contributed by atoms with E-state index in [-0.39, 0.29) is 11.6 Å². The summed E-state index contributed by atoms with van der Waals surface area (Å²) in [6.45, 7) is 0. The van der Waals surface area contributed by atoms with Gasteiger partial charge in [0.05, 0.1) is 0 Å². The van der Waals surface area contributed by atoms with E-state index in [9.17, 15) is 4.39 Å². The van der Waals surface area contributed by atoms with Crippen LogP contribution in [0.15, 0.2) is 41.0 Å². The molecular weight excluding hydrogens is 386 g/mol. The number of rotatable bonds is 2. The number of hydrogen-bond acceptors (Lipinski definition) is 2. The molecule has 0 saturated heterocycles. The highest BCUT2D eigenvalue weighted by atomic mass is 127. The molecule has 0 saturated carbocycles. The molecule has 0 aliphatic heterocycles. The normalized spacial score (nSPS) is 10.2. The van der Waals surface area contributed by atoms with Crippen molar-refractivity contribution >= 4 is 50.0 Å². The van der Waals surface area contributed by atoms with Crippen molar-refractivity contribution in [1.29, 1.82) is 0 Å². The number of aromatic nitrogens is 1. The molecule has 16 heavy (non-hydrogen) atoms. The molecule has 0 unspecified atom stereocenters. The van der Waals surface area contributed by atoms with Crippen LogP contribution in [0.2, 0.25) is 0 Å². The van der Waals surface area contributed by atoms with E-state index in [0.29, 0.717) is 4.47 Å². The molecule has 1 N–H and O–H groups in total. The van der Waals surface area contributed by atoms with E-state index in [0.717, 1.165) is 9.26 Å². The lowest BCUT2D eigenvalue weighted by molar-refractivity contribution is 0.625. The summed E-state index contributed by atoms with van der Waals surface area (Å²) in [7, 11) is 0. The SMILES string of the molecule is Fc1cc(Br)cnc1Nc1cccc(I)c1. The van der Waals surface area contributed by atoms with Gasteiger partial charge in [-0.1, -0.05) is 6.07 Å². The van der Waals surface area contributed by atoms with Gasteiger partial charge in [0.1, 0.15) is 0 Å². The zero-order valence-electron chi connectivity index (χ0n) is 8.05. The summed E-state index contributed by atoms with van der Waals surface area (Å²) in [5.41, 5.74) is 0.820. The second kappa shape index (κ2) is 5.09. The molecule has 82 valence electrons. The first-order chi connectivity index (χ1) is 7.65. The van der Waals surface area contributed by atoms with Gasteiger partial charge in [0, 0.05) is 19.9 Å². The lowest BCUT2D eigenvalue weighted by Gasteiger charge is -2.06. The van der Waals surface area contributed by atoms with Gasteiger partial charge in [0.15, 0.2) is 11.6 Å². The van der Waals surface area contributed by atoms with Gasteiger partial charge in [-0.05, 0) is 62.8 Å². The summed E-state index contributed by atoms with van der Waals surface area (Å²) in [5.74, 6) is -0.154. The Balaban J connectivity index is 2.27. The zero-order valence-corrected chi connectivity index (χ0v) is 11.8. The van der Waals surface area contributed by atoms with Crippen molar-refractivity contribution in [2.75, 3.05) is 5.32 Å². The molecular formula is C11H7BrFIN2. The second-order valence-corrected chi connectivity index (χ2v) is 5.28. The molecule has 0 spiro atoms. The van der Waals surface area contributed by atoms with Gasteiger partial charge in [-0.3, -0.25) is 0 Å². The number of nitrogens with one attached hydrogen (secondary N) is 1. The van der Waals surface area contributed by atoms with E-state index in [2.05, 4.69) is 48.8 Å². The maximum Gasteiger partial charge on any atom is 0.166 e. The van der Waals surface area contributed by atoms with Gasteiger partial charge in [-0.25, -0.2) is 9.37 Å². The number of pyridine rings is 1. The quantitative estimate of drug-likeness (QED) is 0.769. The van der Waals surface area contributed by atoms with Crippen molar-refractivity contribution in [3.63, 3.8) is 0 Å². The number of benzene rings is 1. The number of hydrogen-bond donors (Lipinski definition) is 1. The van der Waals surface area contributed by atoms with Crippen molar-refractivity contribution < 1.29 is 4.39 Å². The van der Waals surface area contributed by atoms with Crippen molar-refractivity contribution in [3.8, 4) is 0 Å². The van der Waals surface area contributed by atoms with E-state index >= 15 is 0 Å². The van der Waals surface area contributed by atoms with E-state index in [4.69, 9.17) is 0 Å². The highest BCUT2D eigenvalue weighted by Gasteiger charge is 2.04. The monoisotopic (exact) mass is 392 g/mol. The molecule has 2 aromatic rings. The molecule has 1 aromatic carbocycles. The topological polar surface area (TPSA) is 24.9 Å². The lowest BCUT2D eigenvalue weighted by Crippen LogP contribution is -1.96. The maximum atomic E-state index is 13.5. The molecule has 2 rings (SSSR count). The van der Waals surface area contributed by atoms with Gasteiger partial charge >= 0.3 is 0 Å². The van der Waals surface area contributed by atoms with Gasteiger partial charge in [-0.15, -0.1) is 0 Å². The summed E-state index contributed by atoms with van der Waals surface area (Å²) < 4.78 is 15.2. The molecule has 0 radical (unpaired) electrons. The molecule has 5 heteroatoms. The van der Waals surface area contributed by atoms with Gasteiger partial charge in [0.2, 0.25) is 0 Å². The van der Waals surface area contributed by atoms with Crippen LogP contribution in [-0.2, 0) is 0 Å². The Morgan fingerprint density at radius 2 is 2.12 bits per heavy atom. The Labute approximate surface area is 115 Å². The van der Waals surface area contributed by atoms with E-state index in [1.54, 1.807) is 6.20 Å². The van der Waals surface area contributed by atoms with Crippen molar-refractivity contribution in [2.24, 2.45) is 0 Å². The standard InChI is InChI=1S/C11H7BrFIN2/c12-7-4-10(13)11(15-6-7)16-9-3-1-2-8(14)5-9/h1-6H,(H,15,16). The van der Waals surface area contributed by atoms with Crippen LogP contribution in [0.1, 0.15) is 0 Å².